The van der Waals surface area contributed by atoms with Crippen LogP contribution in [0.3, 0.4) is 0 Å². The van der Waals surface area contributed by atoms with Crippen LogP contribution >= 0.6 is 0 Å². The van der Waals surface area contributed by atoms with E-state index in [9.17, 15) is 9.90 Å². The fourth-order valence-corrected chi connectivity index (χ4v) is 1.94. The molecule has 2 rings (SSSR count). The first-order valence-corrected chi connectivity index (χ1v) is 5.11. The Hall–Kier alpha value is -2.01. The van der Waals surface area contributed by atoms with Gasteiger partial charge in [-0.3, -0.25) is 0 Å². The number of aromatic nitrogens is 1. The van der Waals surface area contributed by atoms with E-state index < -0.39 is 12.1 Å². The van der Waals surface area contributed by atoms with Gasteiger partial charge in [-0.1, -0.05) is 0 Å². The molecule has 5 nitrogen and oxygen atoms in total. The minimum atomic E-state index is -1.58. The maximum Gasteiger partial charge on any atom is 0.337 e. The van der Waals surface area contributed by atoms with E-state index in [2.05, 4.69) is 4.98 Å². The summed E-state index contributed by atoms with van der Waals surface area (Å²) in [5.41, 5.74) is 2.05. The third kappa shape index (κ3) is 1.74. The van der Waals surface area contributed by atoms with Crippen molar-refractivity contribution in [2.45, 2.75) is 13.0 Å². The number of aryl methyl sites for hydroxylation is 1. The lowest BCUT2D eigenvalue weighted by Gasteiger charge is -2.12. The molecular formula is C12H13NO4. The summed E-state index contributed by atoms with van der Waals surface area (Å²) in [6.45, 7) is 1.89. The predicted molar refractivity (Wildman–Crippen MR) is 62.2 cm³/mol. The lowest BCUT2D eigenvalue weighted by atomic mass is 10.0. The lowest BCUT2D eigenvalue weighted by Crippen LogP contribution is -2.11. The van der Waals surface area contributed by atoms with Crippen molar-refractivity contribution in [3.8, 4) is 5.75 Å². The first-order chi connectivity index (χ1) is 8.06. The molecule has 0 radical (unpaired) electrons. The Morgan fingerprint density at radius 1 is 1.47 bits per heavy atom. The molecule has 5 heteroatoms. The van der Waals surface area contributed by atoms with Crippen LogP contribution in [0.2, 0.25) is 0 Å². The Bertz CT molecular complexity index is 573. The number of carboxylic acid groups (broad SMARTS) is 1. The molecule has 0 aliphatic rings. The fraction of sp³-hybridized carbons (Fsp3) is 0.250. The summed E-state index contributed by atoms with van der Waals surface area (Å²) in [6.07, 6.45) is 0.230. The van der Waals surface area contributed by atoms with Crippen molar-refractivity contribution >= 4 is 16.9 Å². The van der Waals surface area contributed by atoms with Crippen LogP contribution in [0.1, 0.15) is 17.2 Å². The highest BCUT2D eigenvalue weighted by Crippen LogP contribution is 2.35. The van der Waals surface area contributed by atoms with Crippen molar-refractivity contribution in [3.63, 3.8) is 0 Å². The zero-order valence-electron chi connectivity index (χ0n) is 9.52. The Kier molecular flexibility index (Phi) is 2.77. The maximum absolute atomic E-state index is 10.8. The molecule has 0 saturated carbocycles. The number of nitrogens with one attached hydrogen (secondary N) is 1. The number of benzene rings is 1. The molecule has 1 aromatic heterocycles. The number of hydrogen-bond donors (Lipinski definition) is 3. The monoisotopic (exact) mass is 235 g/mol. The molecule has 0 saturated heterocycles. The van der Waals surface area contributed by atoms with Crippen molar-refractivity contribution in [1.29, 1.82) is 0 Å². The Morgan fingerprint density at radius 2 is 2.18 bits per heavy atom. The van der Waals surface area contributed by atoms with Gasteiger partial charge in [0, 0.05) is 22.7 Å². The largest absolute Gasteiger partial charge is 0.496 e. The number of aromatic amines is 1. The van der Waals surface area contributed by atoms with E-state index in [0.717, 1.165) is 16.5 Å². The van der Waals surface area contributed by atoms with Gasteiger partial charge in [0.1, 0.15) is 5.75 Å². The quantitative estimate of drug-likeness (QED) is 0.754. The summed E-state index contributed by atoms with van der Waals surface area (Å²) in [7, 11) is 1.46. The third-order valence-electron chi connectivity index (χ3n) is 2.76. The number of H-pyrrole nitrogens is 1. The smallest absolute Gasteiger partial charge is 0.337 e. The second-order valence-corrected chi connectivity index (χ2v) is 3.82. The van der Waals surface area contributed by atoms with Gasteiger partial charge in [0.05, 0.1) is 7.11 Å². The van der Waals surface area contributed by atoms with Crippen molar-refractivity contribution in [2.75, 3.05) is 7.11 Å². The number of hydrogen-bond acceptors (Lipinski definition) is 3. The van der Waals surface area contributed by atoms with Gasteiger partial charge >= 0.3 is 5.97 Å². The van der Waals surface area contributed by atoms with Gasteiger partial charge in [0.15, 0.2) is 6.10 Å². The highest BCUT2D eigenvalue weighted by Gasteiger charge is 2.22. The van der Waals surface area contributed by atoms with Gasteiger partial charge in [-0.25, -0.2) is 4.79 Å². The molecule has 0 spiro atoms. The summed E-state index contributed by atoms with van der Waals surface area (Å²) in [5.74, 6) is -0.896. The first-order valence-electron chi connectivity index (χ1n) is 5.11. The van der Waals surface area contributed by atoms with Crippen LogP contribution < -0.4 is 4.74 Å². The molecule has 0 amide bonds. The lowest BCUT2D eigenvalue weighted by molar-refractivity contribution is -0.147. The molecule has 17 heavy (non-hydrogen) atoms. The van der Waals surface area contributed by atoms with Crippen LogP contribution in [0.25, 0.3) is 10.9 Å². The van der Waals surface area contributed by atoms with Gasteiger partial charge in [-0.15, -0.1) is 0 Å². The van der Waals surface area contributed by atoms with E-state index in [1.54, 1.807) is 12.1 Å². The van der Waals surface area contributed by atoms with Crippen LogP contribution in [0.4, 0.5) is 0 Å². The van der Waals surface area contributed by atoms with Gasteiger partial charge in [0.25, 0.3) is 0 Å². The molecule has 90 valence electrons. The summed E-state index contributed by atoms with van der Waals surface area (Å²) >= 11 is 0. The summed E-state index contributed by atoms with van der Waals surface area (Å²) in [4.78, 5) is 13.9. The standard InChI is InChI=1S/C12H13NO4/c1-6-5-13-8-4-3-7(10(14)12(15)16)11(17-2)9(6)8/h3-5,10,13-14H,1-2H3,(H,15,16). The van der Waals surface area contributed by atoms with Crippen LogP contribution in [0, 0.1) is 6.92 Å². The summed E-state index contributed by atoms with van der Waals surface area (Å²) < 4.78 is 5.23. The van der Waals surface area contributed by atoms with E-state index in [0.29, 0.717) is 5.75 Å². The average molecular weight is 235 g/mol. The first kappa shape index (κ1) is 11.5. The summed E-state index contributed by atoms with van der Waals surface area (Å²) in [5, 5.41) is 19.2. The van der Waals surface area contributed by atoms with Crippen LogP contribution in [0.15, 0.2) is 18.3 Å². The van der Waals surface area contributed by atoms with E-state index in [1.807, 2.05) is 13.1 Å². The van der Waals surface area contributed by atoms with Crippen molar-refractivity contribution < 1.29 is 19.7 Å². The van der Waals surface area contributed by atoms with E-state index in [1.165, 1.54) is 7.11 Å². The Labute approximate surface area is 97.6 Å². The van der Waals surface area contributed by atoms with Crippen LogP contribution in [-0.2, 0) is 4.79 Å². The van der Waals surface area contributed by atoms with E-state index >= 15 is 0 Å². The van der Waals surface area contributed by atoms with Gasteiger partial charge in [0.2, 0.25) is 0 Å². The minimum Gasteiger partial charge on any atom is -0.496 e. The number of aliphatic hydroxyl groups excluding tert-OH is 1. The third-order valence-corrected chi connectivity index (χ3v) is 2.76. The molecule has 1 heterocycles. The van der Waals surface area contributed by atoms with E-state index in [4.69, 9.17) is 9.84 Å². The van der Waals surface area contributed by atoms with Crippen molar-refractivity contribution in [1.82, 2.24) is 4.98 Å². The zero-order valence-corrected chi connectivity index (χ0v) is 9.52. The molecule has 3 N–H and O–H groups in total. The highest BCUT2D eigenvalue weighted by atomic mass is 16.5. The topological polar surface area (TPSA) is 82.6 Å². The Balaban J connectivity index is 2.72. The van der Waals surface area contributed by atoms with Crippen molar-refractivity contribution in [3.05, 3.63) is 29.5 Å². The molecule has 2 aromatic rings. The van der Waals surface area contributed by atoms with E-state index in [-0.39, 0.29) is 5.56 Å². The van der Waals surface area contributed by atoms with Crippen LogP contribution in [-0.4, -0.2) is 28.3 Å². The molecular weight excluding hydrogens is 222 g/mol. The number of carboxylic acids is 1. The number of aliphatic hydroxyl groups is 1. The molecule has 1 aromatic carbocycles. The average Bonchev–Trinajstić information content (AvgIpc) is 2.69. The highest BCUT2D eigenvalue weighted by molar-refractivity contribution is 5.92. The maximum atomic E-state index is 10.8. The second kappa shape index (κ2) is 4.10. The number of methoxy groups -OCH3 is 1. The molecule has 0 fully saturated rings. The minimum absolute atomic E-state index is 0.259. The molecule has 1 atom stereocenters. The Morgan fingerprint density at radius 3 is 2.76 bits per heavy atom. The van der Waals surface area contributed by atoms with Crippen LogP contribution in [0.5, 0.6) is 5.75 Å². The summed E-state index contributed by atoms with van der Waals surface area (Å²) in [6, 6.07) is 3.28. The number of aliphatic carboxylic acids is 1. The number of ether oxygens (including phenoxy) is 1. The molecule has 0 bridgehead atoms. The number of rotatable bonds is 3. The normalized spacial score (nSPS) is 12.6. The molecule has 0 aliphatic heterocycles. The van der Waals surface area contributed by atoms with Gasteiger partial charge in [-0.05, 0) is 24.6 Å². The van der Waals surface area contributed by atoms with Crippen molar-refractivity contribution in [2.24, 2.45) is 0 Å². The number of carbonyl (C=O) groups is 1. The van der Waals surface area contributed by atoms with Gasteiger partial charge in [-0.2, -0.15) is 0 Å². The number of fused-ring (bicyclic) bond motifs is 1. The van der Waals surface area contributed by atoms with Gasteiger partial charge < -0.3 is 19.9 Å². The zero-order chi connectivity index (χ0) is 12.6. The fourth-order valence-electron chi connectivity index (χ4n) is 1.94. The molecule has 0 aliphatic carbocycles. The molecule has 1 unspecified atom stereocenters. The SMILES string of the molecule is COc1c(C(O)C(=O)O)ccc2[nH]cc(C)c12. The second-order valence-electron chi connectivity index (χ2n) is 3.82. The predicted octanol–water partition coefficient (Wildman–Crippen LogP) is 1.60.